The van der Waals surface area contributed by atoms with Crippen LogP contribution < -0.4 is 10.2 Å². The van der Waals surface area contributed by atoms with Gasteiger partial charge in [0.2, 0.25) is 11.8 Å². The standard InChI is InChI=1S/C29H40N6O3/c1-20-7-6-10-25(21(20)2)32-15-17-33(18-16-32)27(37)19-35-26-9-5-4-8-24(26)28(31-35)29(38)34-13-11-23(12-14-34)30-22(3)36/h6-7,10,23H,4-5,8-9,11-19H2,1-3H3,(H,30,36). The Morgan fingerprint density at radius 3 is 2.37 bits per heavy atom. The Balaban J connectivity index is 1.24. The number of hydrogen-bond acceptors (Lipinski definition) is 5. The number of aryl methyl sites for hydroxylation is 1. The summed E-state index contributed by atoms with van der Waals surface area (Å²) in [6, 6.07) is 6.52. The summed E-state index contributed by atoms with van der Waals surface area (Å²) < 4.78 is 1.81. The number of piperazine rings is 1. The van der Waals surface area contributed by atoms with Gasteiger partial charge in [-0.05, 0) is 69.6 Å². The zero-order chi connectivity index (χ0) is 26.8. The van der Waals surface area contributed by atoms with Crippen LogP contribution in [0.4, 0.5) is 5.69 Å². The molecule has 2 fully saturated rings. The summed E-state index contributed by atoms with van der Waals surface area (Å²) in [5.41, 5.74) is 6.43. The SMILES string of the molecule is CC(=O)NC1CCN(C(=O)c2nn(CC(=O)N3CCN(c4cccc(C)c4C)CC3)c3c2CCCC3)CC1. The summed E-state index contributed by atoms with van der Waals surface area (Å²) in [4.78, 5) is 44.4. The molecule has 0 atom stereocenters. The number of carbonyl (C=O) groups excluding carboxylic acids is 3. The molecule has 3 aliphatic rings. The van der Waals surface area contributed by atoms with Gasteiger partial charge in [-0.3, -0.25) is 19.1 Å². The monoisotopic (exact) mass is 520 g/mol. The maximum atomic E-state index is 13.5. The Morgan fingerprint density at radius 1 is 0.947 bits per heavy atom. The van der Waals surface area contributed by atoms with Crippen LogP contribution in [0.2, 0.25) is 0 Å². The van der Waals surface area contributed by atoms with Crippen molar-refractivity contribution in [3.8, 4) is 0 Å². The summed E-state index contributed by atoms with van der Waals surface area (Å²) >= 11 is 0. The van der Waals surface area contributed by atoms with Gasteiger partial charge in [0.05, 0.1) is 0 Å². The minimum atomic E-state index is -0.0437. The van der Waals surface area contributed by atoms with Gasteiger partial charge in [0.25, 0.3) is 5.91 Å². The van der Waals surface area contributed by atoms with Gasteiger partial charge in [-0.2, -0.15) is 5.10 Å². The van der Waals surface area contributed by atoms with E-state index in [1.54, 1.807) is 0 Å². The molecule has 0 unspecified atom stereocenters. The van der Waals surface area contributed by atoms with E-state index in [0.717, 1.165) is 62.9 Å². The minimum Gasteiger partial charge on any atom is -0.368 e. The first-order valence-corrected chi connectivity index (χ1v) is 14.1. The fourth-order valence-electron chi connectivity index (χ4n) is 6.14. The lowest BCUT2D eigenvalue weighted by atomic mass is 9.95. The Morgan fingerprint density at radius 2 is 1.66 bits per heavy atom. The van der Waals surface area contributed by atoms with Crippen LogP contribution in [0, 0.1) is 13.8 Å². The molecule has 9 heteroatoms. The number of nitrogens with zero attached hydrogens (tertiary/aromatic N) is 5. The van der Waals surface area contributed by atoms with Gasteiger partial charge in [-0.1, -0.05) is 12.1 Å². The van der Waals surface area contributed by atoms with Crippen molar-refractivity contribution in [2.45, 2.75) is 71.9 Å². The molecular weight excluding hydrogens is 480 g/mol. The van der Waals surface area contributed by atoms with Crippen molar-refractivity contribution >= 4 is 23.4 Å². The molecule has 1 N–H and O–H groups in total. The molecule has 2 aromatic rings. The average Bonchev–Trinajstić information content (AvgIpc) is 3.28. The van der Waals surface area contributed by atoms with E-state index in [9.17, 15) is 14.4 Å². The van der Waals surface area contributed by atoms with Crippen LogP contribution in [0.1, 0.15) is 65.5 Å². The van der Waals surface area contributed by atoms with Gasteiger partial charge in [0, 0.05) is 69.2 Å². The molecule has 2 saturated heterocycles. The molecular formula is C29H40N6O3. The van der Waals surface area contributed by atoms with Crippen LogP contribution in [0.3, 0.4) is 0 Å². The number of rotatable bonds is 5. The molecule has 1 aliphatic carbocycles. The van der Waals surface area contributed by atoms with E-state index in [2.05, 4.69) is 42.3 Å². The lowest BCUT2D eigenvalue weighted by molar-refractivity contribution is -0.132. The number of nitrogens with one attached hydrogen (secondary N) is 1. The third-order valence-corrected chi connectivity index (χ3v) is 8.48. The Hall–Kier alpha value is -3.36. The molecule has 38 heavy (non-hydrogen) atoms. The second-order valence-corrected chi connectivity index (χ2v) is 11.0. The van der Waals surface area contributed by atoms with Crippen LogP contribution in [-0.4, -0.2) is 82.6 Å². The number of carbonyl (C=O) groups is 3. The van der Waals surface area contributed by atoms with Gasteiger partial charge >= 0.3 is 0 Å². The minimum absolute atomic E-state index is 0.0288. The number of aromatic nitrogens is 2. The molecule has 9 nitrogen and oxygen atoms in total. The third-order valence-electron chi connectivity index (χ3n) is 8.48. The highest BCUT2D eigenvalue weighted by molar-refractivity contribution is 5.94. The number of amides is 3. The zero-order valence-corrected chi connectivity index (χ0v) is 23.0. The van der Waals surface area contributed by atoms with Crippen LogP contribution >= 0.6 is 0 Å². The number of hydrogen-bond donors (Lipinski definition) is 1. The lowest BCUT2D eigenvalue weighted by Gasteiger charge is -2.37. The van der Waals surface area contributed by atoms with E-state index in [-0.39, 0.29) is 30.3 Å². The largest absolute Gasteiger partial charge is 0.368 e. The summed E-state index contributed by atoms with van der Waals surface area (Å²) in [5.74, 6) is -0.00619. The zero-order valence-electron chi connectivity index (χ0n) is 23.0. The highest BCUT2D eigenvalue weighted by Crippen LogP contribution is 2.27. The van der Waals surface area contributed by atoms with E-state index in [1.165, 1.54) is 23.7 Å². The van der Waals surface area contributed by atoms with E-state index in [1.807, 2.05) is 14.5 Å². The Kier molecular flexibility index (Phi) is 7.72. The van der Waals surface area contributed by atoms with Crippen molar-refractivity contribution < 1.29 is 14.4 Å². The molecule has 0 bridgehead atoms. The van der Waals surface area contributed by atoms with Crippen LogP contribution in [-0.2, 0) is 29.0 Å². The molecule has 1 aromatic carbocycles. The predicted molar refractivity (Wildman–Crippen MR) is 146 cm³/mol. The highest BCUT2D eigenvalue weighted by Gasteiger charge is 2.32. The van der Waals surface area contributed by atoms with Crippen molar-refractivity contribution in [1.82, 2.24) is 24.9 Å². The topological polar surface area (TPSA) is 90.8 Å². The van der Waals surface area contributed by atoms with E-state index in [4.69, 9.17) is 5.10 Å². The maximum absolute atomic E-state index is 13.5. The van der Waals surface area contributed by atoms with Crippen molar-refractivity contribution in [3.05, 3.63) is 46.3 Å². The van der Waals surface area contributed by atoms with Crippen molar-refractivity contribution in [2.24, 2.45) is 0 Å². The van der Waals surface area contributed by atoms with Crippen molar-refractivity contribution in [2.75, 3.05) is 44.2 Å². The molecule has 0 saturated carbocycles. The number of piperidine rings is 1. The normalized spacial score (nSPS) is 18.3. The van der Waals surface area contributed by atoms with Gasteiger partial charge in [0.15, 0.2) is 5.69 Å². The van der Waals surface area contributed by atoms with E-state index < -0.39 is 0 Å². The smallest absolute Gasteiger partial charge is 0.274 e. The van der Waals surface area contributed by atoms with Gasteiger partial charge in [-0.15, -0.1) is 0 Å². The summed E-state index contributed by atoms with van der Waals surface area (Å²) in [7, 11) is 0. The first-order chi connectivity index (χ1) is 18.3. The highest BCUT2D eigenvalue weighted by atomic mass is 16.2. The molecule has 204 valence electrons. The molecule has 1 aromatic heterocycles. The van der Waals surface area contributed by atoms with Gasteiger partial charge < -0.3 is 20.0 Å². The predicted octanol–water partition coefficient (Wildman–Crippen LogP) is 2.47. The summed E-state index contributed by atoms with van der Waals surface area (Å²) in [6.07, 6.45) is 5.28. The lowest BCUT2D eigenvalue weighted by Crippen LogP contribution is -2.50. The summed E-state index contributed by atoms with van der Waals surface area (Å²) in [6.45, 7) is 10.2. The number of likely N-dealkylation sites (tertiary alicyclic amines) is 1. The first kappa shape index (κ1) is 26.3. The number of benzene rings is 1. The third kappa shape index (κ3) is 5.42. The number of fused-ring (bicyclic) bond motifs is 1. The molecule has 0 spiro atoms. The molecule has 0 radical (unpaired) electrons. The average molecular weight is 521 g/mol. The van der Waals surface area contributed by atoms with Crippen LogP contribution in [0.5, 0.6) is 0 Å². The fourth-order valence-corrected chi connectivity index (χ4v) is 6.14. The van der Waals surface area contributed by atoms with Crippen molar-refractivity contribution in [3.63, 3.8) is 0 Å². The van der Waals surface area contributed by atoms with Crippen LogP contribution in [0.25, 0.3) is 0 Å². The van der Waals surface area contributed by atoms with Gasteiger partial charge in [-0.25, -0.2) is 0 Å². The van der Waals surface area contributed by atoms with Crippen molar-refractivity contribution in [1.29, 1.82) is 0 Å². The second kappa shape index (κ2) is 11.2. The van der Waals surface area contributed by atoms with Crippen LogP contribution in [0.15, 0.2) is 18.2 Å². The fraction of sp³-hybridized carbons (Fsp3) is 0.586. The molecule has 2 aliphatic heterocycles. The van der Waals surface area contributed by atoms with Gasteiger partial charge in [0.1, 0.15) is 6.54 Å². The molecule has 3 heterocycles. The maximum Gasteiger partial charge on any atom is 0.274 e. The molecule has 5 rings (SSSR count). The Labute approximate surface area is 225 Å². The summed E-state index contributed by atoms with van der Waals surface area (Å²) in [5, 5.41) is 7.71. The van der Waals surface area contributed by atoms with E-state index in [0.29, 0.717) is 31.9 Å². The van der Waals surface area contributed by atoms with E-state index >= 15 is 0 Å². The quantitative estimate of drug-likeness (QED) is 0.654. The second-order valence-electron chi connectivity index (χ2n) is 11.0. The Bertz CT molecular complexity index is 1210. The first-order valence-electron chi connectivity index (χ1n) is 14.1. The number of anilines is 1. The molecule has 3 amide bonds.